The molecule has 2 aliphatic heterocycles. The van der Waals surface area contributed by atoms with Gasteiger partial charge in [-0.05, 0) is 43.2 Å². The maximum atomic E-state index is 4.76. The first-order valence-corrected chi connectivity index (χ1v) is 8.96. The summed E-state index contributed by atoms with van der Waals surface area (Å²) in [7, 11) is 0. The standard InChI is InChI=1S/C16H21N.CH2Cl2.ClH/c1-2-7-14-12(5-1)11-13-6-3-9-17-10-4-8-15(14)16(13)17;2-1-3;/h1-2,5,7,13,15-16H,3-4,6,8-11H2;1H2;1H/t13-,15+,16-;;/m0../s1. The van der Waals surface area contributed by atoms with Crippen LogP contribution in [-0.4, -0.2) is 24.5 Å². The quantitative estimate of drug-likeness (QED) is 0.639. The van der Waals surface area contributed by atoms with Gasteiger partial charge in [0, 0.05) is 11.8 Å². The predicted molar refractivity (Wildman–Crippen MR) is 85.9 cm³/mol. The molecule has 1 aromatic carbocycles. The Labute approximate surface area is 144 Å². The predicted octanol–water partition coefficient (Wildman–Crippen LogP) is 0.209. The Kier molecular flexibility index (Phi) is 6.68. The van der Waals surface area contributed by atoms with Crippen LogP contribution in [0.5, 0.6) is 0 Å². The molecule has 4 atom stereocenters. The van der Waals surface area contributed by atoms with Crippen LogP contribution in [0.1, 0.15) is 42.7 Å². The summed E-state index contributed by atoms with van der Waals surface area (Å²) in [6, 6.07) is 10.2. The summed E-state index contributed by atoms with van der Waals surface area (Å²) in [4.78, 5) is 1.94. The highest BCUT2D eigenvalue weighted by atomic mass is 35.5. The maximum absolute atomic E-state index is 4.76. The molecule has 0 bridgehead atoms. The minimum Gasteiger partial charge on any atom is -1.00 e. The van der Waals surface area contributed by atoms with Crippen molar-refractivity contribution >= 4 is 23.2 Å². The van der Waals surface area contributed by atoms with E-state index < -0.39 is 0 Å². The summed E-state index contributed by atoms with van der Waals surface area (Å²) in [6.07, 6.45) is 7.20. The third kappa shape index (κ3) is 3.52. The number of benzene rings is 1. The third-order valence-corrected chi connectivity index (χ3v) is 5.44. The molecule has 4 rings (SSSR count). The van der Waals surface area contributed by atoms with E-state index in [9.17, 15) is 0 Å². The molecule has 2 fully saturated rings. The van der Waals surface area contributed by atoms with Gasteiger partial charge in [-0.2, -0.15) is 0 Å². The van der Waals surface area contributed by atoms with Gasteiger partial charge < -0.3 is 17.3 Å². The molecule has 0 saturated carbocycles. The van der Waals surface area contributed by atoms with Crippen LogP contribution in [0.3, 0.4) is 0 Å². The van der Waals surface area contributed by atoms with Crippen molar-refractivity contribution in [1.82, 2.24) is 0 Å². The van der Waals surface area contributed by atoms with E-state index in [4.69, 9.17) is 23.2 Å². The normalized spacial score (nSPS) is 32.7. The van der Waals surface area contributed by atoms with Crippen LogP contribution in [0, 0.1) is 5.92 Å². The van der Waals surface area contributed by atoms with E-state index >= 15 is 0 Å². The minimum atomic E-state index is 0. The van der Waals surface area contributed by atoms with E-state index in [0.717, 1.165) is 17.9 Å². The van der Waals surface area contributed by atoms with Crippen molar-refractivity contribution in [1.29, 1.82) is 0 Å². The van der Waals surface area contributed by atoms with Gasteiger partial charge in [-0.1, -0.05) is 24.3 Å². The number of nitrogens with one attached hydrogen (secondary N) is 1. The van der Waals surface area contributed by atoms with E-state index in [1.807, 2.05) is 4.90 Å². The highest BCUT2D eigenvalue weighted by molar-refractivity contribution is 6.40. The molecule has 0 aromatic heterocycles. The van der Waals surface area contributed by atoms with Gasteiger partial charge in [-0.25, -0.2) is 0 Å². The Balaban J connectivity index is 0.000000375. The van der Waals surface area contributed by atoms with Crippen molar-refractivity contribution in [3.8, 4) is 0 Å². The van der Waals surface area contributed by atoms with Crippen LogP contribution in [0.15, 0.2) is 24.3 Å². The minimum absolute atomic E-state index is 0. The van der Waals surface area contributed by atoms with Gasteiger partial charge >= 0.3 is 0 Å². The van der Waals surface area contributed by atoms with Crippen LogP contribution < -0.4 is 17.3 Å². The SMILES string of the molecule is ClCCl.[Cl-].c1ccc2c(c1)C[C@@H]1CCC[NH+]3CCC[C@H]2[C@H]13. The Bertz CT molecular complexity index is 449. The zero-order chi connectivity index (χ0) is 13.9. The molecule has 4 heteroatoms. The summed E-state index contributed by atoms with van der Waals surface area (Å²) in [6.45, 7) is 2.89. The first-order chi connectivity index (χ1) is 9.85. The number of alkyl halides is 2. The van der Waals surface area contributed by atoms with Gasteiger partial charge in [-0.15, -0.1) is 23.2 Å². The second-order valence-corrected chi connectivity index (χ2v) is 7.15. The van der Waals surface area contributed by atoms with Crippen LogP contribution in [0.4, 0.5) is 0 Å². The number of quaternary nitrogens is 1. The van der Waals surface area contributed by atoms with Gasteiger partial charge in [-0.3, -0.25) is 0 Å². The highest BCUT2D eigenvalue weighted by Gasteiger charge is 2.46. The molecule has 2 heterocycles. The van der Waals surface area contributed by atoms with Crippen molar-refractivity contribution in [2.45, 2.75) is 44.1 Å². The fourth-order valence-corrected chi connectivity index (χ4v) is 4.85. The lowest BCUT2D eigenvalue weighted by atomic mass is 9.66. The van der Waals surface area contributed by atoms with Crippen LogP contribution in [0.2, 0.25) is 0 Å². The van der Waals surface area contributed by atoms with Crippen LogP contribution in [-0.2, 0) is 6.42 Å². The zero-order valence-corrected chi connectivity index (χ0v) is 14.6. The number of fused-ring (bicyclic) bond motifs is 2. The smallest absolute Gasteiger partial charge is 0.0975 e. The number of hydrogen-bond donors (Lipinski definition) is 1. The molecule has 1 N–H and O–H groups in total. The Morgan fingerprint density at radius 1 is 1.05 bits per heavy atom. The fourth-order valence-electron chi connectivity index (χ4n) is 4.85. The number of piperidine rings is 2. The second kappa shape index (κ2) is 8.06. The lowest BCUT2D eigenvalue weighted by Crippen LogP contribution is -3.19. The van der Waals surface area contributed by atoms with Gasteiger partial charge in [0.05, 0.1) is 24.5 Å². The topological polar surface area (TPSA) is 4.44 Å². The van der Waals surface area contributed by atoms with Gasteiger partial charge in [0.1, 0.15) is 0 Å². The fraction of sp³-hybridized carbons (Fsp3) is 0.647. The summed E-state index contributed by atoms with van der Waals surface area (Å²) >= 11 is 9.53. The second-order valence-electron chi connectivity index (χ2n) is 6.34. The van der Waals surface area contributed by atoms with Crippen LogP contribution >= 0.6 is 23.2 Å². The van der Waals surface area contributed by atoms with Crippen molar-refractivity contribution in [2.75, 3.05) is 18.4 Å². The maximum Gasteiger partial charge on any atom is 0.0975 e. The number of rotatable bonds is 0. The van der Waals surface area contributed by atoms with E-state index in [2.05, 4.69) is 24.3 Å². The van der Waals surface area contributed by atoms with Crippen molar-refractivity contribution < 1.29 is 17.3 Å². The zero-order valence-electron chi connectivity index (χ0n) is 12.3. The van der Waals surface area contributed by atoms with E-state index in [1.165, 1.54) is 45.2 Å². The monoisotopic (exact) mass is 347 g/mol. The van der Waals surface area contributed by atoms with Crippen LogP contribution in [0.25, 0.3) is 0 Å². The molecule has 0 spiro atoms. The van der Waals surface area contributed by atoms with Crippen molar-refractivity contribution in [3.63, 3.8) is 0 Å². The van der Waals surface area contributed by atoms with Crippen molar-refractivity contribution in [2.24, 2.45) is 5.92 Å². The number of hydrogen-bond acceptors (Lipinski definition) is 0. The lowest BCUT2D eigenvalue weighted by molar-refractivity contribution is -0.942. The molecule has 0 amide bonds. The molecule has 1 unspecified atom stereocenters. The van der Waals surface area contributed by atoms with E-state index in [1.54, 1.807) is 11.1 Å². The summed E-state index contributed by atoms with van der Waals surface area (Å²) in [5.41, 5.74) is 3.37. The summed E-state index contributed by atoms with van der Waals surface area (Å²) in [5.74, 6) is 1.87. The number of halogens is 3. The van der Waals surface area contributed by atoms with Gasteiger partial charge in [0.15, 0.2) is 0 Å². The molecular formula is C17H24Cl3N. The Hall–Kier alpha value is 0.0500. The molecule has 0 radical (unpaired) electrons. The molecule has 21 heavy (non-hydrogen) atoms. The molecule has 2 saturated heterocycles. The highest BCUT2D eigenvalue weighted by Crippen LogP contribution is 2.40. The molecule has 1 aromatic rings. The largest absolute Gasteiger partial charge is 1.00 e. The molecule has 118 valence electrons. The molecule has 3 aliphatic rings. The summed E-state index contributed by atoms with van der Waals surface area (Å²) < 4.78 is 0. The first-order valence-electron chi connectivity index (χ1n) is 7.89. The lowest BCUT2D eigenvalue weighted by Gasteiger charge is -2.49. The van der Waals surface area contributed by atoms with E-state index in [-0.39, 0.29) is 17.7 Å². The van der Waals surface area contributed by atoms with Gasteiger partial charge in [0.2, 0.25) is 0 Å². The summed E-state index contributed by atoms with van der Waals surface area (Å²) in [5, 5.41) is 0.194. The van der Waals surface area contributed by atoms with E-state index in [0.29, 0.717) is 0 Å². The Morgan fingerprint density at radius 2 is 1.71 bits per heavy atom. The van der Waals surface area contributed by atoms with Crippen molar-refractivity contribution in [3.05, 3.63) is 35.4 Å². The van der Waals surface area contributed by atoms with Gasteiger partial charge in [0.25, 0.3) is 0 Å². The molecule has 1 nitrogen and oxygen atoms in total. The first kappa shape index (κ1) is 17.4. The molecule has 1 aliphatic carbocycles. The molecular weight excluding hydrogens is 325 g/mol. The Morgan fingerprint density at radius 3 is 2.48 bits per heavy atom. The third-order valence-electron chi connectivity index (χ3n) is 5.44. The average Bonchev–Trinajstić information content (AvgIpc) is 2.49. The average molecular weight is 349 g/mol.